The number of carbonyl (C=O) groups excluding carboxylic acids is 2. The van der Waals surface area contributed by atoms with Gasteiger partial charge < -0.3 is 15.8 Å². The highest BCUT2D eigenvalue weighted by atomic mass is 16.5. The number of hydrogen-bond donors (Lipinski definition) is 2. The van der Waals surface area contributed by atoms with Crippen molar-refractivity contribution in [1.29, 1.82) is 0 Å². The van der Waals surface area contributed by atoms with Gasteiger partial charge in [0.2, 0.25) is 0 Å². The third kappa shape index (κ3) is 6.42. The zero-order valence-corrected chi connectivity index (χ0v) is 15.9. The summed E-state index contributed by atoms with van der Waals surface area (Å²) >= 11 is 0. The van der Waals surface area contributed by atoms with Crippen LogP contribution < -0.4 is 15.8 Å². The lowest BCUT2D eigenvalue weighted by Gasteiger charge is -2.20. The van der Waals surface area contributed by atoms with Crippen molar-refractivity contribution in [2.24, 2.45) is 5.73 Å². The van der Waals surface area contributed by atoms with E-state index in [9.17, 15) is 9.59 Å². The van der Waals surface area contributed by atoms with E-state index in [-0.39, 0.29) is 12.5 Å². The van der Waals surface area contributed by atoms with Gasteiger partial charge in [-0.25, -0.2) is 0 Å². The Morgan fingerprint density at radius 2 is 1.63 bits per heavy atom. The van der Waals surface area contributed by atoms with E-state index in [1.165, 1.54) is 5.56 Å². The van der Waals surface area contributed by atoms with Gasteiger partial charge in [0.25, 0.3) is 11.8 Å². The van der Waals surface area contributed by atoms with Gasteiger partial charge in [-0.05, 0) is 48.5 Å². The maximum absolute atomic E-state index is 12.4. The second-order valence-electron chi connectivity index (χ2n) is 6.19. The van der Waals surface area contributed by atoms with Crippen molar-refractivity contribution in [3.63, 3.8) is 0 Å². The Morgan fingerprint density at radius 3 is 2.22 bits per heavy atom. The van der Waals surface area contributed by atoms with Crippen molar-refractivity contribution >= 4 is 11.8 Å². The number of nitrogens with two attached hydrogens (primary N) is 1. The first-order valence-corrected chi connectivity index (χ1v) is 9.12. The van der Waals surface area contributed by atoms with E-state index in [4.69, 9.17) is 10.5 Å². The number of amides is 2. The molecular formula is C21H27N3O3. The molecule has 2 rings (SSSR count). The van der Waals surface area contributed by atoms with Crippen LogP contribution in [0.25, 0.3) is 0 Å². The van der Waals surface area contributed by atoms with Crippen molar-refractivity contribution in [3.05, 3.63) is 65.2 Å². The smallest absolute Gasteiger partial charge is 0.255 e. The molecule has 3 N–H and O–H groups in total. The lowest BCUT2D eigenvalue weighted by molar-refractivity contribution is -0.119. The van der Waals surface area contributed by atoms with Crippen LogP contribution in [0.1, 0.15) is 35.3 Å². The highest BCUT2D eigenvalue weighted by molar-refractivity contribution is 5.94. The number of nitrogens with zero attached hydrogens (tertiary/aromatic N) is 1. The van der Waals surface area contributed by atoms with Crippen molar-refractivity contribution < 1.29 is 14.3 Å². The standard InChI is InChI=1S/C21H27N3O3/c1-3-24(4-2)14-18-8-6-5-7-17(18)13-23-21(26)16-9-11-19(12-10-16)27-15-20(22)25/h5-12H,3-4,13-15H2,1-2H3,(H2,22,25)(H,23,26). The number of hydrogen-bond acceptors (Lipinski definition) is 4. The third-order valence-corrected chi connectivity index (χ3v) is 4.34. The lowest BCUT2D eigenvalue weighted by atomic mass is 10.1. The molecule has 0 fully saturated rings. The molecular weight excluding hydrogens is 342 g/mol. The maximum atomic E-state index is 12.4. The van der Waals surface area contributed by atoms with Crippen LogP contribution in [-0.4, -0.2) is 36.4 Å². The van der Waals surface area contributed by atoms with Gasteiger partial charge in [-0.2, -0.15) is 0 Å². The van der Waals surface area contributed by atoms with Crippen LogP contribution >= 0.6 is 0 Å². The predicted molar refractivity (Wildman–Crippen MR) is 105 cm³/mol. The minimum Gasteiger partial charge on any atom is -0.484 e. The highest BCUT2D eigenvalue weighted by Crippen LogP contribution is 2.14. The van der Waals surface area contributed by atoms with Crippen LogP contribution in [0.15, 0.2) is 48.5 Å². The summed E-state index contributed by atoms with van der Waals surface area (Å²) in [6.45, 7) is 7.41. The Bertz CT molecular complexity index is 756. The van der Waals surface area contributed by atoms with Crippen LogP contribution in [-0.2, 0) is 17.9 Å². The fraction of sp³-hybridized carbons (Fsp3) is 0.333. The van der Waals surface area contributed by atoms with Gasteiger partial charge in [0.1, 0.15) is 5.75 Å². The van der Waals surface area contributed by atoms with Crippen LogP contribution in [0.3, 0.4) is 0 Å². The van der Waals surface area contributed by atoms with E-state index in [0.29, 0.717) is 17.9 Å². The Balaban J connectivity index is 1.96. The lowest BCUT2D eigenvalue weighted by Crippen LogP contribution is -2.26. The minimum absolute atomic E-state index is 0.158. The van der Waals surface area contributed by atoms with Crippen molar-refractivity contribution in [3.8, 4) is 5.75 Å². The molecule has 27 heavy (non-hydrogen) atoms. The molecule has 0 unspecified atom stereocenters. The van der Waals surface area contributed by atoms with Gasteiger partial charge in [-0.1, -0.05) is 38.1 Å². The molecule has 6 heteroatoms. The van der Waals surface area contributed by atoms with Crippen molar-refractivity contribution in [1.82, 2.24) is 10.2 Å². The zero-order chi connectivity index (χ0) is 19.6. The summed E-state index contributed by atoms with van der Waals surface area (Å²) < 4.78 is 5.19. The van der Waals surface area contributed by atoms with E-state index in [1.54, 1.807) is 24.3 Å². The van der Waals surface area contributed by atoms with Crippen LogP contribution in [0.5, 0.6) is 5.75 Å². The Morgan fingerprint density at radius 1 is 1.00 bits per heavy atom. The highest BCUT2D eigenvalue weighted by Gasteiger charge is 2.09. The van der Waals surface area contributed by atoms with E-state index in [0.717, 1.165) is 25.2 Å². The third-order valence-electron chi connectivity index (χ3n) is 4.34. The van der Waals surface area contributed by atoms with Gasteiger partial charge in [0, 0.05) is 18.7 Å². The molecule has 144 valence electrons. The zero-order valence-electron chi connectivity index (χ0n) is 15.9. The number of primary amides is 1. The molecule has 0 aromatic heterocycles. The van der Waals surface area contributed by atoms with Gasteiger partial charge in [0.05, 0.1) is 0 Å². The van der Waals surface area contributed by atoms with Gasteiger partial charge >= 0.3 is 0 Å². The van der Waals surface area contributed by atoms with Crippen molar-refractivity contribution in [2.45, 2.75) is 26.9 Å². The SMILES string of the molecule is CCN(CC)Cc1ccccc1CNC(=O)c1ccc(OCC(N)=O)cc1. The molecule has 2 aromatic rings. The largest absolute Gasteiger partial charge is 0.484 e. The van der Waals surface area contributed by atoms with Crippen LogP contribution in [0.2, 0.25) is 0 Å². The monoisotopic (exact) mass is 369 g/mol. The molecule has 0 atom stereocenters. The summed E-state index contributed by atoms with van der Waals surface area (Å²) in [6.07, 6.45) is 0. The summed E-state index contributed by atoms with van der Waals surface area (Å²) in [7, 11) is 0. The number of nitrogens with one attached hydrogen (secondary N) is 1. The molecule has 0 bridgehead atoms. The maximum Gasteiger partial charge on any atom is 0.255 e. The molecule has 0 spiro atoms. The summed E-state index contributed by atoms with van der Waals surface area (Å²) in [5.41, 5.74) is 7.90. The summed E-state index contributed by atoms with van der Waals surface area (Å²) in [5, 5.41) is 2.96. The molecule has 0 saturated heterocycles. The topological polar surface area (TPSA) is 84.7 Å². The Hall–Kier alpha value is -2.86. The first-order chi connectivity index (χ1) is 13.0. The summed E-state index contributed by atoms with van der Waals surface area (Å²) in [6, 6.07) is 14.8. The normalized spacial score (nSPS) is 10.6. The molecule has 0 heterocycles. The summed E-state index contributed by atoms with van der Waals surface area (Å²) in [5.74, 6) is -0.204. The van der Waals surface area contributed by atoms with E-state index < -0.39 is 5.91 Å². The Labute approximate surface area is 160 Å². The van der Waals surface area contributed by atoms with Crippen LogP contribution in [0.4, 0.5) is 0 Å². The Kier molecular flexibility index (Phi) is 7.82. The number of rotatable bonds is 10. The quantitative estimate of drug-likeness (QED) is 0.673. The van der Waals surface area contributed by atoms with E-state index >= 15 is 0 Å². The number of ether oxygens (including phenoxy) is 1. The first kappa shape index (κ1) is 20.5. The molecule has 2 aromatic carbocycles. The van der Waals surface area contributed by atoms with Crippen LogP contribution in [0, 0.1) is 0 Å². The predicted octanol–water partition coefficient (Wildman–Crippen LogP) is 2.32. The molecule has 0 aliphatic carbocycles. The number of benzene rings is 2. The first-order valence-electron chi connectivity index (χ1n) is 9.12. The average Bonchev–Trinajstić information content (AvgIpc) is 2.69. The van der Waals surface area contributed by atoms with Gasteiger partial charge in [0.15, 0.2) is 6.61 Å². The molecule has 2 amide bonds. The summed E-state index contributed by atoms with van der Waals surface area (Å²) in [4.78, 5) is 25.5. The number of carbonyl (C=O) groups is 2. The molecule has 0 aliphatic rings. The van der Waals surface area contributed by atoms with E-state index in [2.05, 4.69) is 30.1 Å². The molecule has 0 saturated carbocycles. The fourth-order valence-electron chi connectivity index (χ4n) is 2.71. The van der Waals surface area contributed by atoms with Crippen molar-refractivity contribution in [2.75, 3.05) is 19.7 Å². The molecule has 0 radical (unpaired) electrons. The van der Waals surface area contributed by atoms with E-state index in [1.807, 2.05) is 18.2 Å². The molecule has 6 nitrogen and oxygen atoms in total. The molecule has 0 aliphatic heterocycles. The fourth-order valence-corrected chi connectivity index (χ4v) is 2.71. The second-order valence-corrected chi connectivity index (χ2v) is 6.19. The van der Waals surface area contributed by atoms with Gasteiger partial charge in [-0.15, -0.1) is 0 Å². The minimum atomic E-state index is -0.541. The average molecular weight is 369 g/mol. The van der Waals surface area contributed by atoms with Gasteiger partial charge in [-0.3, -0.25) is 14.5 Å². The second kappa shape index (κ2) is 10.3.